The fourth-order valence-electron chi connectivity index (χ4n) is 4.15. The molecule has 5 aromatic rings. The summed E-state index contributed by atoms with van der Waals surface area (Å²) in [6, 6.07) is 28.8. The number of hydrogen-bond donors (Lipinski definition) is 1. The Hall–Kier alpha value is -4.65. The van der Waals surface area contributed by atoms with E-state index < -0.39 is 5.91 Å². The van der Waals surface area contributed by atoms with E-state index in [2.05, 4.69) is 10.2 Å². The molecule has 7 heteroatoms. The summed E-state index contributed by atoms with van der Waals surface area (Å²) in [5, 5.41) is 21.6. The molecule has 1 heterocycles. The van der Waals surface area contributed by atoms with Crippen molar-refractivity contribution in [3.05, 3.63) is 96.6 Å². The second kappa shape index (κ2) is 10.3. The maximum Gasteiger partial charge on any atom is 0.302 e. The van der Waals surface area contributed by atoms with Crippen molar-refractivity contribution in [3.63, 3.8) is 0 Å². The molecule has 0 spiro atoms. The molecule has 36 heavy (non-hydrogen) atoms. The fraction of sp³-hybridized carbons (Fsp3) is 0.138. The Bertz CT molecular complexity index is 1570. The van der Waals surface area contributed by atoms with Gasteiger partial charge in [0, 0.05) is 10.8 Å². The van der Waals surface area contributed by atoms with E-state index in [-0.39, 0.29) is 18.2 Å². The van der Waals surface area contributed by atoms with Crippen molar-refractivity contribution in [3.8, 4) is 17.4 Å². The summed E-state index contributed by atoms with van der Waals surface area (Å²) in [7, 11) is 0. The van der Waals surface area contributed by atoms with Crippen molar-refractivity contribution in [1.82, 2.24) is 4.57 Å². The summed E-state index contributed by atoms with van der Waals surface area (Å²) in [5.41, 5.74) is 2.04. The summed E-state index contributed by atoms with van der Waals surface area (Å²) < 4.78 is 13.3. The highest BCUT2D eigenvalue weighted by Gasteiger charge is 2.17. The number of hydrogen-bond acceptors (Lipinski definition) is 5. The van der Waals surface area contributed by atoms with Crippen molar-refractivity contribution in [2.45, 2.75) is 13.5 Å². The molecule has 0 radical (unpaired) electrons. The van der Waals surface area contributed by atoms with Gasteiger partial charge in [-0.3, -0.25) is 4.79 Å². The normalized spacial score (nSPS) is 11.4. The van der Waals surface area contributed by atoms with Crippen LogP contribution < -0.4 is 9.47 Å². The van der Waals surface area contributed by atoms with Gasteiger partial charge >= 0.3 is 5.91 Å². The number of carbonyl (C=O) groups excluding carboxylic acids is 1. The highest BCUT2D eigenvalue weighted by molar-refractivity contribution is 5.95. The SMILES string of the molecule is Cc1cccc(OCC(=O)N=Nc2c(O)n(CCOc3cccc4ccccc34)c3ccccc23)c1. The Morgan fingerprint density at radius 3 is 2.50 bits per heavy atom. The topological polar surface area (TPSA) is 85.4 Å². The third-order valence-electron chi connectivity index (χ3n) is 5.85. The van der Waals surface area contributed by atoms with Crippen LogP contribution in [0.4, 0.5) is 5.69 Å². The van der Waals surface area contributed by atoms with Crippen molar-refractivity contribution < 1.29 is 19.4 Å². The van der Waals surface area contributed by atoms with Gasteiger partial charge in [-0.05, 0) is 42.1 Å². The number of aromatic nitrogens is 1. The molecule has 0 unspecified atom stereocenters. The Morgan fingerprint density at radius 2 is 1.64 bits per heavy atom. The molecule has 0 aliphatic rings. The van der Waals surface area contributed by atoms with Crippen molar-refractivity contribution in [1.29, 1.82) is 0 Å². The van der Waals surface area contributed by atoms with Gasteiger partial charge in [-0.2, -0.15) is 0 Å². The molecule has 0 saturated carbocycles. The average molecular weight is 480 g/mol. The lowest BCUT2D eigenvalue weighted by atomic mass is 10.1. The molecule has 1 aromatic heterocycles. The monoisotopic (exact) mass is 479 g/mol. The number of amides is 1. The maximum absolute atomic E-state index is 12.3. The van der Waals surface area contributed by atoms with E-state index in [1.807, 2.05) is 91.9 Å². The van der Waals surface area contributed by atoms with Crippen LogP contribution in [0.15, 0.2) is 101 Å². The molecule has 0 bridgehead atoms. The molecule has 0 saturated heterocycles. The molecule has 0 fully saturated rings. The van der Waals surface area contributed by atoms with Crippen LogP contribution in [0.1, 0.15) is 5.56 Å². The fourth-order valence-corrected chi connectivity index (χ4v) is 4.15. The molecule has 1 N–H and O–H groups in total. The molecule has 0 atom stereocenters. The minimum atomic E-state index is -0.549. The summed E-state index contributed by atoms with van der Waals surface area (Å²) in [6.45, 7) is 2.42. The average Bonchev–Trinajstić information content (AvgIpc) is 3.17. The van der Waals surface area contributed by atoms with Crippen LogP contribution in [0.5, 0.6) is 17.4 Å². The first-order valence-corrected chi connectivity index (χ1v) is 11.6. The second-order valence-electron chi connectivity index (χ2n) is 8.37. The van der Waals surface area contributed by atoms with Crippen molar-refractivity contribution in [2.75, 3.05) is 13.2 Å². The summed E-state index contributed by atoms with van der Waals surface area (Å²) in [4.78, 5) is 12.3. The summed E-state index contributed by atoms with van der Waals surface area (Å²) >= 11 is 0. The van der Waals surface area contributed by atoms with Gasteiger partial charge in [-0.15, -0.1) is 10.2 Å². The van der Waals surface area contributed by atoms with Crippen LogP contribution in [0, 0.1) is 6.92 Å². The largest absolute Gasteiger partial charge is 0.493 e. The lowest BCUT2D eigenvalue weighted by Gasteiger charge is -2.11. The molecular weight excluding hydrogens is 454 g/mol. The van der Waals surface area contributed by atoms with Gasteiger partial charge in [-0.25, -0.2) is 0 Å². The van der Waals surface area contributed by atoms with Gasteiger partial charge in [0.15, 0.2) is 12.3 Å². The lowest BCUT2D eigenvalue weighted by molar-refractivity contribution is -0.120. The van der Waals surface area contributed by atoms with Crippen LogP contribution in [0.2, 0.25) is 0 Å². The molecular formula is C29H25N3O4. The van der Waals surface area contributed by atoms with Crippen LogP contribution in [0.25, 0.3) is 21.7 Å². The van der Waals surface area contributed by atoms with Crippen LogP contribution in [0.3, 0.4) is 0 Å². The lowest BCUT2D eigenvalue weighted by Crippen LogP contribution is -2.08. The van der Waals surface area contributed by atoms with Crippen LogP contribution >= 0.6 is 0 Å². The number of aryl methyl sites for hydroxylation is 1. The minimum Gasteiger partial charge on any atom is -0.493 e. The van der Waals surface area contributed by atoms with Gasteiger partial charge in [0.1, 0.15) is 18.1 Å². The Labute approximate surface area is 208 Å². The number of carbonyl (C=O) groups is 1. The summed E-state index contributed by atoms with van der Waals surface area (Å²) in [5.74, 6) is 0.744. The Morgan fingerprint density at radius 1 is 0.889 bits per heavy atom. The number of ether oxygens (including phenoxy) is 2. The first-order chi connectivity index (χ1) is 17.6. The minimum absolute atomic E-state index is 0.0751. The zero-order valence-electron chi connectivity index (χ0n) is 19.8. The predicted octanol–water partition coefficient (Wildman–Crippen LogP) is 6.58. The molecule has 180 valence electrons. The highest BCUT2D eigenvalue weighted by atomic mass is 16.5. The number of fused-ring (bicyclic) bond motifs is 2. The van der Waals surface area contributed by atoms with E-state index >= 15 is 0 Å². The molecule has 0 aliphatic carbocycles. The van der Waals surface area contributed by atoms with Gasteiger partial charge < -0.3 is 19.1 Å². The Kier molecular flexibility index (Phi) is 6.62. The first-order valence-electron chi connectivity index (χ1n) is 11.6. The summed E-state index contributed by atoms with van der Waals surface area (Å²) in [6.07, 6.45) is 0. The first kappa shape index (κ1) is 23.1. The van der Waals surface area contributed by atoms with E-state index in [4.69, 9.17) is 9.47 Å². The molecule has 0 aliphatic heterocycles. The van der Waals surface area contributed by atoms with Crippen molar-refractivity contribution in [2.24, 2.45) is 10.2 Å². The van der Waals surface area contributed by atoms with Crippen LogP contribution in [-0.2, 0) is 11.3 Å². The standard InChI is InChI=1S/C29H25N3O4/c1-20-8-6-11-22(18-20)36-19-27(33)30-31-28-24-13-4-5-14-25(24)32(29(28)34)16-17-35-26-15-7-10-21-9-2-3-12-23(21)26/h2-15,18,34H,16-17,19H2,1H3. The van der Waals surface area contributed by atoms with E-state index in [0.29, 0.717) is 24.3 Å². The van der Waals surface area contributed by atoms with Gasteiger partial charge in [0.05, 0.1) is 12.1 Å². The van der Waals surface area contributed by atoms with E-state index in [1.54, 1.807) is 10.6 Å². The van der Waals surface area contributed by atoms with E-state index in [0.717, 1.165) is 27.6 Å². The maximum atomic E-state index is 12.3. The third kappa shape index (κ3) is 4.90. The van der Waals surface area contributed by atoms with Gasteiger partial charge in [-0.1, -0.05) is 66.7 Å². The second-order valence-corrected chi connectivity index (χ2v) is 8.37. The number of nitrogens with zero attached hydrogens (tertiary/aromatic N) is 3. The van der Waals surface area contributed by atoms with Crippen molar-refractivity contribution >= 4 is 33.3 Å². The highest BCUT2D eigenvalue weighted by Crippen LogP contribution is 2.38. The number of benzene rings is 4. The number of rotatable bonds is 8. The molecule has 4 aromatic carbocycles. The zero-order chi connectivity index (χ0) is 24.9. The van der Waals surface area contributed by atoms with Crippen LogP contribution in [-0.4, -0.2) is 28.8 Å². The number of aromatic hydroxyl groups is 1. The Balaban J connectivity index is 1.31. The van der Waals surface area contributed by atoms with E-state index in [1.165, 1.54) is 0 Å². The van der Waals surface area contributed by atoms with Gasteiger partial charge in [0.25, 0.3) is 0 Å². The van der Waals surface area contributed by atoms with Gasteiger partial charge in [0.2, 0.25) is 5.88 Å². The zero-order valence-corrected chi connectivity index (χ0v) is 19.8. The molecule has 5 rings (SSSR count). The third-order valence-corrected chi connectivity index (χ3v) is 5.85. The smallest absolute Gasteiger partial charge is 0.302 e. The molecule has 1 amide bonds. The predicted molar refractivity (Wildman–Crippen MR) is 139 cm³/mol. The van der Waals surface area contributed by atoms with E-state index in [9.17, 15) is 9.90 Å². The number of azo groups is 1. The number of para-hydroxylation sites is 1. The quantitative estimate of drug-likeness (QED) is 0.255. The molecule has 7 nitrogen and oxygen atoms in total.